The van der Waals surface area contributed by atoms with Crippen LogP contribution in [0.25, 0.3) is 22.4 Å². The molecular weight excluding hydrogens is 368 g/mol. The van der Waals surface area contributed by atoms with Crippen molar-refractivity contribution in [3.05, 3.63) is 76.3 Å². The molecule has 7 heteroatoms. The van der Waals surface area contributed by atoms with Gasteiger partial charge in [-0.05, 0) is 37.1 Å². The molecule has 0 unspecified atom stereocenters. The third-order valence-electron chi connectivity index (χ3n) is 4.87. The average molecular weight is 388 g/mol. The van der Waals surface area contributed by atoms with Crippen molar-refractivity contribution in [2.75, 3.05) is 5.32 Å². The number of aromatic nitrogens is 3. The normalized spacial score (nSPS) is 11.0. The molecule has 0 radical (unpaired) electrons. The molecule has 0 saturated heterocycles. The Morgan fingerprint density at radius 3 is 2.66 bits per heavy atom. The number of nitrogens with zero attached hydrogens (tertiary/aromatic N) is 3. The summed E-state index contributed by atoms with van der Waals surface area (Å²) >= 11 is 0. The molecule has 0 spiro atoms. The van der Waals surface area contributed by atoms with E-state index >= 15 is 0 Å². The first-order valence-electron chi connectivity index (χ1n) is 9.30. The fourth-order valence-electron chi connectivity index (χ4n) is 3.07. The van der Waals surface area contributed by atoms with Crippen molar-refractivity contribution in [2.24, 2.45) is 0 Å². The van der Waals surface area contributed by atoms with Crippen LogP contribution in [0.2, 0.25) is 0 Å². The largest absolute Gasteiger partial charge is 0.348 e. The van der Waals surface area contributed by atoms with Crippen LogP contribution in [-0.2, 0) is 11.3 Å². The number of carbonyl (C=O) groups is 1. The van der Waals surface area contributed by atoms with E-state index in [1.54, 1.807) is 0 Å². The molecule has 2 aromatic carbocycles. The number of anilines is 1. The van der Waals surface area contributed by atoms with Crippen LogP contribution < -0.4 is 10.9 Å². The molecule has 0 bridgehead atoms. The van der Waals surface area contributed by atoms with E-state index in [1.807, 2.05) is 62.4 Å². The zero-order chi connectivity index (χ0) is 20.4. The van der Waals surface area contributed by atoms with Crippen LogP contribution in [-0.4, -0.2) is 20.6 Å². The maximum absolute atomic E-state index is 12.7. The van der Waals surface area contributed by atoms with Crippen LogP contribution in [0.3, 0.4) is 0 Å². The summed E-state index contributed by atoms with van der Waals surface area (Å²) in [5.74, 6) is -0.178. The molecule has 1 N–H and O–H groups in total. The van der Waals surface area contributed by atoms with E-state index in [2.05, 4.69) is 15.5 Å². The van der Waals surface area contributed by atoms with Gasteiger partial charge in [0.15, 0.2) is 0 Å². The predicted octanol–water partition coefficient (Wildman–Crippen LogP) is 3.70. The number of aryl methyl sites for hydroxylation is 3. The first kappa shape index (κ1) is 18.6. The average Bonchev–Trinajstić information content (AvgIpc) is 3.16. The second kappa shape index (κ2) is 7.71. The van der Waals surface area contributed by atoms with Crippen molar-refractivity contribution in [1.29, 1.82) is 0 Å². The minimum atomic E-state index is -0.358. The molecule has 29 heavy (non-hydrogen) atoms. The van der Waals surface area contributed by atoms with Crippen LogP contribution in [0.5, 0.6) is 0 Å². The predicted molar refractivity (Wildman–Crippen MR) is 111 cm³/mol. The molecule has 1 amide bonds. The van der Waals surface area contributed by atoms with E-state index in [4.69, 9.17) is 4.52 Å². The SMILES string of the molecule is Cc1ccc(NC(=O)CCn2cnc3c(-c4ccccc4)noc3c2=O)cc1C. The van der Waals surface area contributed by atoms with E-state index in [0.717, 1.165) is 22.4 Å². The van der Waals surface area contributed by atoms with E-state index in [0.29, 0.717) is 11.2 Å². The molecule has 0 atom stereocenters. The topological polar surface area (TPSA) is 90.0 Å². The Labute approximate surface area is 167 Å². The number of hydrogen-bond acceptors (Lipinski definition) is 5. The van der Waals surface area contributed by atoms with E-state index in [-0.39, 0.29) is 30.0 Å². The first-order chi connectivity index (χ1) is 14.0. The highest BCUT2D eigenvalue weighted by Crippen LogP contribution is 2.24. The van der Waals surface area contributed by atoms with Gasteiger partial charge in [-0.2, -0.15) is 0 Å². The van der Waals surface area contributed by atoms with Gasteiger partial charge in [0.1, 0.15) is 11.2 Å². The zero-order valence-corrected chi connectivity index (χ0v) is 16.2. The molecule has 2 heterocycles. The molecule has 0 aliphatic heterocycles. The van der Waals surface area contributed by atoms with Crippen LogP contribution in [0.15, 0.2) is 64.2 Å². The summed E-state index contributed by atoms with van der Waals surface area (Å²) in [6.45, 7) is 4.20. The zero-order valence-electron chi connectivity index (χ0n) is 16.2. The fourth-order valence-corrected chi connectivity index (χ4v) is 3.07. The molecule has 7 nitrogen and oxygen atoms in total. The maximum Gasteiger partial charge on any atom is 0.299 e. The number of carbonyl (C=O) groups excluding carboxylic acids is 1. The Morgan fingerprint density at radius 1 is 1.10 bits per heavy atom. The van der Waals surface area contributed by atoms with Crippen LogP contribution in [0.1, 0.15) is 17.5 Å². The molecule has 4 rings (SSSR count). The van der Waals surface area contributed by atoms with Gasteiger partial charge >= 0.3 is 0 Å². The van der Waals surface area contributed by atoms with Crippen molar-refractivity contribution < 1.29 is 9.32 Å². The first-order valence-corrected chi connectivity index (χ1v) is 9.30. The van der Waals surface area contributed by atoms with Crippen LogP contribution in [0, 0.1) is 13.8 Å². The third-order valence-corrected chi connectivity index (χ3v) is 4.87. The fraction of sp³-hybridized carbons (Fsp3) is 0.182. The quantitative estimate of drug-likeness (QED) is 0.563. The van der Waals surface area contributed by atoms with Crippen molar-refractivity contribution in [3.8, 4) is 11.3 Å². The lowest BCUT2D eigenvalue weighted by Crippen LogP contribution is -2.23. The maximum atomic E-state index is 12.7. The molecule has 146 valence electrons. The number of fused-ring (bicyclic) bond motifs is 1. The Bertz CT molecular complexity index is 1240. The van der Waals surface area contributed by atoms with E-state index < -0.39 is 0 Å². The van der Waals surface area contributed by atoms with Crippen molar-refractivity contribution in [2.45, 2.75) is 26.8 Å². The lowest BCUT2D eigenvalue weighted by atomic mass is 10.1. The highest BCUT2D eigenvalue weighted by Gasteiger charge is 2.16. The molecule has 0 saturated carbocycles. The number of rotatable bonds is 5. The lowest BCUT2D eigenvalue weighted by molar-refractivity contribution is -0.116. The Morgan fingerprint density at radius 2 is 1.90 bits per heavy atom. The smallest absolute Gasteiger partial charge is 0.299 e. The van der Waals surface area contributed by atoms with Crippen LogP contribution in [0.4, 0.5) is 5.69 Å². The summed E-state index contributed by atoms with van der Waals surface area (Å²) < 4.78 is 6.62. The van der Waals surface area contributed by atoms with E-state index in [9.17, 15) is 9.59 Å². The molecule has 0 fully saturated rings. The van der Waals surface area contributed by atoms with Gasteiger partial charge in [-0.1, -0.05) is 41.6 Å². The summed E-state index contributed by atoms with van der Waals surface area (Å²) in [7, 11) is 0. The summed E-state index contributed by atoms with van der Waals surface area (Å²) in [5.41, 5.74) is 4.49. The molecular formula is C22H20N4O3. The second-order valence-corrected chi connectivity index (χ2v) is 6.92. The molecule has 4 aromatic rings. The third kappa shape index (κ3) is 3.80. The summed E-state index contributed by atoms with van der Waals surface area (Å²) in [6.07, 6.45) is 1.57. The Balaban J connectivity index is 1.50. The minimum absolute atomic E-state index is 0.0842. The molecule has 0 aliphatic rings. The van der Waals surface area contributed by atoms with Crippen molar-refractivity contribution in [3.63, 3.8) is 0 Å². The van der Waals surface area contributed by atoms with Gasteiger partial charge in [0.25, 0.3) is 11.1 Å². The standard InChI is InChI=1S/C22H20N4O3/c1-14-8-9-17(12-15(14)2)24-18(27)10-11-26-13-23-20-19(16-6-4-3-5-7-16)25-29-21(20)22(26)28/h3-9,12-13H,10-11H2,1-2H3,(H,24,27). The summed E-state index contributed by atoms with van der Waals surface area (Å²) in [6, 6.07) is 15.2. The van der Waals surface area contributed by atoms with Gasteiger partial charge in [0, 0.05) is 24.2 Å². The Kier molecular flexibility index (Phi) is 4.95. The number of hydrogen-bond donors (Lipinski definition) is 1. The number of nitrogens with one attached hydrogen (secondary N) is 1. The molecule has 2 aromatic heterocycles. The van der Waals surface area contributed by atoms with Crippen molar-refractivity contribution in [1.82, 2.24) is 14.7 Å². The molecule has 0 aliphatic carbocycles. The second-order valence-electron chi connectivity index (χ2n) is 6.92. The highest BCUT2D eigenvalue weighted by molar-refractivity contribution is 5.91. The lowest BCUT2D eigenvalue weighted by Gasteiger charge is -2.08. The number of benzene rings is 2. The van der Waals surface area contributed by atoms with Gasteiger partial charge in [-0.15, -0.1) is 0 Å². The van der Waals surface area contributed by atoms with Gasteiger partial charge in [-0.3, -0.25) is 14.2 Å². The van der Waals surface area contributed by atoms with Crippen molar-refractivity contribution >= 4 is 22.7 Å². The Hall–Kier alpha value is -3.74. The van der Waals surface area contributed by atoms with Gasteiger partial charge in [0.05, 0.1) is 6.33 Å². The van der Waals surface area contributed by atoms with Gasteiger partial charge in [0.2, 0.25) is 5.91 Å². The van der Waals surface area contributed by atoms with E-state index in [1.165, 1.54) is 10.9 Å². The summed E-state index contributed by atoms with van der Waals surface area (Å²) in [4.78, 5) is 29.3. The monoisotopic (exact) mass is 388 g/mol. The summed E-state index contributed by atoms with van der Waals surface area (Å²) in [5, 5.41) is 6.86. The van der Waals surface area contributed by atoms with Gasteiger partial charge < -0.3 is 9.84 Å². The van der Waals surface area contributed by atoms with Crippen LogP contribution >= 0.6 is 0 Å². The minimum Gasteiger partial charge on any atom is -0.348 e. The number of amides is 1. The van der Waals surface area contributed by atoms with Gasteiger partial charge in [-0.25, -0.2) is 4.98 Å². The highest BCUT2D eigenvalue weighted by atomic mass is 16.5.